The van der Waals surface area contributed by atoms with Crippen LogP contribution in [0.5, 0.6) is 0 Å². The Morgan fingerprint density at radius 3 is 2.60 bits per heavy atom. The van der Waals surface area contributed by atoms with Crippen LogP contribution in [0.15, 0.2) is 36.4 Å². The van der Waals surface area contributed by atoms with E-state index in [0.717, 1.165) is 23.4 Å². The lowest BCUT2D eigenvalue weighted by molar-refractivity contribution is 0.199. The molecule has 82 valence electrons. The molecule has 1 aromatic rings. The summed E-state index contributed by atoms with van der Waals surface area (Å²) in [6, 6.07) is 7.90. The summed E-state index contributed by atoms with van der Waals surface area (Å²) in [6.07, 6.45) is -0.436. The Morgan fingerprint density at radius 2 is 2.07 bits per heavy atom. The highest BCUT2D eigenvalue weighted by molar-refractivity contribution is 5.54. The average molecular weight is 205 g/mol. The number of nitrogens with zero attached hydrogens (tertiary/aromatic N) is 1. The summed E-state index contributed by atoms with van der Waals surface area (Å²) in [5.41, 5.74) is 3.13. The fourth-order valence-corrected chi connectivity index (χ4v) is 1.68. The van der Waals surface area contributed by atoms with Gasteiger partial charge in [0.1, 0.15) is 0 Å². The van der Waals surface area contributed by atoms with Crippen molar-refractivity contribution in [1.82, 2.24) is 0 Å². The van der Waals surface area contributed by atoms with E-state index in [1.807, 2.05) is 38.2 Å². The van der Waals surface area contributed by atoms with Gasteiger partial charge < -0.3 is 10.0 Å². The number of rotatable bonds is 4. The highest BCUT2D eigenvalue weighted by Crippen LogP contribution is 2.25. The Kier molecular flexibility index (Phi) is 3.92. The second-order valence-corrected chi connectivity index (χ2v) is 4.05. The van der Waals surface area contributed by atoms with Gasteiger partial charge in [-0.05, 0) is 19.9 Å². The van der Waals surface area contributed by atoms with Crippen LogP contribution in [0.4, 0.5) is 5.69 Å². The van der Waals surface area contributed by atoms with E-state index >= 15 is 0 Å². The first-order chi connectivity index (χ1) is 7.02. The van der Waals surface area contributed by atoms with Gasteiger partial charge in [-0.2, -0.15) is 0 Å². The van der Waals surface area contributed by atoms with Crippen molar-refractivity contribution in [2.24, 2.45) is 0 Å². The first-order valence-corrected chi connectivity index (χ1v) is 5.15. The molecule has 0 spiro atoms. The van der Waals surface area contributed by atoms with Crippen LogP contribution >= 0.6 is 0 Å². The van der Waals surface area contributed by atoms with Crippen LogP contribution in [0, 0.1) is 0 Å². The second-order valence-electron chi connectivity index (χ2n) is 4.05. The van der Waals surface area contributed by atoms with Gasteiger partial charge in [-0.1, -0.05) is 30.4 Å². The molecule has 0 aliphatic carbocycles. The Bertz CT molecular complexity index is 344. The summed E-state index contributed by atoms with van der Waals surface area (Å²) in [6.45, 7) is 8.49. The van der Waals surface area contributed by atoms with Gasteiger partial charge in [-0.15, -0.1) is 0 Å². The topological polar surface area (TPSA) is 23.5 Å². The highest BCUT2D eigenvalue weighted by Gasteiger charge is 2.10. The van der Waals surface area contributed by atoms with Crippen molar-refractivity contribution in [3.8, 4) is 0 Å². The normalized spacial score (nSPS) is 12.3. The summed E-state index contributed by atoms with van der Waals surface area (Å²) in [5, 5.41) is 9.64. The van der Waals surface area contributed by atoms with Crippen molar-refractivity contribution in [3.63, 3.8) is 0 Å². The predicted molar refractivity (Wildman–Crippen MR) is 65.2 cm³/mol. The van der Waals surface area contributed by atoms with E-state index in [1.54, 1.807) is 6.92 Å². The molecule has 0 fully saturated rings. The number of benzene rings is 1. The minimum absolute atomic E-state index is 0.436. The van der Waals surface area contributed by atoms with Crippen LogP contribution < -0.4 is 4.90 Å². The molecule has 1 aromatic carbocycles. The number of hydrogen-bond acceptors (Lipinski definition) is 2. The van der Waals surface area contributed by atoms with E-state index < -0.39 is 6.10 Å². The van der Waals surface area contributed by atoms with Crippen LogP contribution in [0.1, 0.15) is 25.5 Å². The van der Waals surface area contributed by atoms with E-state index in [2.05, 4.69) is 11.5 Å². The van der Waals surface area contributed by atoms with Crippen LogP contribution in [0.25, 0.3) is 0 Å². The summed E-state index contributed by atoms with van der Waals surface area (Å²) in [7, 11) is 2.01. The van der Waals surface area contributed by atoms with Gasteiger partial charge in [0.05, 0.1) is 6.10 Å². The fourth-order valence-electron chi connectivity index (χ4n) is 1.68. The van der Waals surface area contributed by atoms with Gasteiger partial charge in [0.15, 0.2) is 0 Å². The number of para-hydroxylation sites is 1. The maximum absolute atomic E-state index is 9.64. The zero-order valence-corrected chi connectivity index (χ0v) is 9.70. The molecule has 0 unspecified atom stereocenters. The zero-order valence-electron chi connectivity index (χ0n) is 9.70. The molecule has 0 aliphatic rings. The SMILES string of the molecule is C=C(C)CN(C)c1ccccc1[C@H](C)O. The highest BCUT2D eigenvalue weighted by atomic mass is 16.3. The van der Waals surface area contributed by atoms with Gasteiger partial charge in [-0.3, -0.25) is 0 Å². The molecule has 0 amide bonds. The molecule has 0 saturated carbocycles. The lowest BCUT2D eigenvalue weighted by Crippen LogP contribution is -2.20. The smallest absolute Gasteiger partial charge is 0.0781 e. The number of anilines is 1. The molecule has 1 N–H and O–H groups in total. The van der Waals surface area contributed by atoms with Crippen molar-refractivity contribution in [2.45, 2.75) is 20.0 Å². The maximum Gasteiger partial charge on any atom is 0.0781 e. The molecular formula is C13H19NO. The van der Waals surface area contributed by atoms with Gasteiger partial charge in [0.25, 0.3) is 0 Å². The van der Waals surface area contributed by atoms with E-state index in [1.165, 1.54) is 0 Å². The molecule has 0 aromatic heterocycles. The van der Waals surface area contributed by atoms with E-state index in [4.69, 9.17) is 0 Å². The Morgan fingerprint density at radius 1 is 1.47 bits per heavy atom. The molecule has 2 nitrogen and oxygen atoms in total. The third-order valence-corrected chi connectivity index (χ3v) is 2.31. The Labute approximate surface area is 91.9 Å². The van der Waals surface area contributed by atoms with Gasteiger partial charge in [-0.25, -0.2) is 0 Å². The van der Waals surface area contributed by atoms with E-state index in [0.29, 0.717) is 0 Å². The lowest BCUT2D eigenvalue weighted by Gasteiger charge is -2.23. The van der Waals surface area contributed by atoms with E-state index in [-0.39, 0.29) is 0 Å². The summed E-state index contributed by atoms with van der Waals surface area (Å²) in [4.78, 5) is 2.10. The molecule has 1 atom stereocenters. The zero-order chi connectivity index (χ0) is 11.4. The monoisotopic (exact) mass is 205 g/mol. The molecule has 0 bridgehead atoms. The first kappa shape index (κ1) is 11.8. The van der Waals surface area contributed by atoms with Crippen LogP contribution in [0.3, 0.4) is 0 Å². The number of likely N-dealkylation sites (N-methyl/N-ethyl adjacent to an activating group) is 1. The third kappa shape index (κ3) is 3.10. The number of hydrogen-bond donors (Lipinski definition) is 1. The van der Waals surface area contributed by atoms with Crippen molar-refractivity contribution < 1.29 is 5.11 Å². The van der Waals surface area contributed by atoms with Gasteiger partial charge in [0, 0.05) is 24.8 Å². The number of aliphatic hydroxyl groups is 1. The van der Waals surface area contributed by atoms with Gasteiger partial charge >= 0.3 is 0 Å². The standard InChI is InChI=1S/C13H19NO/c1-10(2)9-14(4)13-8-6-5-7-12(13)11(3)15/h5-8,11,15H,1,9H2,2-4H3/t11-/m0/s1. The predicted octanol–water partition coefficient (Wildman–Crippen LogP) is 2.75. The first-order valence-electron chi connectivity index (χ1n) is 5.15. The Hall–Kier alpha value is -1.28. The van der Waals surface area contributed by atoms with Crippen molar-refractivity contribution in [3.05, 3.63) is 42.0 Å². The van der Waals surface area contributed by atoms with E-state index in [9.17, 15) is 5.11 Å². The lowest BCUT2D eigenvalue weighted by atomic mass is 10.1. The quantitative estimate of drug-likeness (QED) is 0.764. The van der Waals surface area contributed by atoms with Crippen molar-refractivity contribution in [2.75, 3.05) is 18.5 Å². The molecule has 0 radical (unpaired) electrons. The molecule has 0 heterocycles. The second kappa shape index (κ2) is 4.99. The van der Waals surface area contributed by atoms with Gasteiger partial charge in [0.2, 0.25) is 0 Å². The average Bonchev–Trinajstić information content (AvgIpc) is 2.16. The largest absolute Gasteiger partial charge is 0.389 e. The molecule has 15 heavy (non-hydrogen) atoms. The number of aliphatic hydroxyl groups excluding tert-OH is 1. The summed E-state index contributed by atoms with van der Waals surface area (Å²) < 4.78 is 0. The minimum Gasteiger partial charge on any atom is -0.389 e. The minimum atomic E-state index is -0.436. The van der Waals surface area contributed by atoms with Crippen LogP contribution in [0.2, 0.25) is 0 Å². The molecule has 0 saturated heterocycles. The fraction of sp³-hybridized carbons (Fsp3) is 0.385. The summed E-state index contributed by atoms with van der Waals surface area (Å²) >= 11 is 0. The molecular weight excluding hydrogens is 186 g/mol. The van der Waals surface area contributed by atoms with Crippen LogP contribution in [-0.2, 0) is 0 Å². The van der Waals surface area contributed by atoms with Crippen molar-refractivity contribution >= 4 is 5.69 Å². The maximum atomic E-state index is 9.64. The Balaban J connectivity index is 2.97. The van der Waals surface area contributed by atoms with Crippen LogP contribution in [-0.4, -0.2) is 18.7 Å². The summed E-state index contributed by atoms with van der Waals surface area (Å²) in [5.74, 6) is 0. The molecule has 1 rings (SSSR count). The molecule has 2 heteroatoms. The third-order valence-electron chi connectivity index (χ3n) is 2.31. The molecule has 0 aliphatic heterocycles. The van der Waals surface area contributed by atoms with Crippen molar-refractivity contribution in [1.29, 1.82) is 0 Å².